The Kier molecular flexibility index (Phi) is 19.8. The van der Waals surface area contributed by atoms with E-state index in [4.69, 9.17) is 19.4 Å². The van der Waals surface area contributed by atoms with Crippen molar-refractivity contribution in [3.8, 4) is 30.9 Å². The second-order valence-corrected chi connectivity index (χ2v) is 32.1. The normalized spacial score (nSPS) is 17.7. The van der Waals surface area contributed by atoms with E-state index >= 15 is 19.2 Å². The third-order valence-electron chi connectivity index (χ3n) is 20.9. The third kappa shape index (κ3) is 12.6. The molecule has 0 radical (unpaired) electrons. The van der Waals surface area contributed by atoms with Crippen LogP contribution >= 0.6 is 22.7 Å². The number of benzene rings is 4. The van der Waals surface area contributed by atoms with E-state index in [2.05, 4.69) is 83.1 Å². The maximum Gasteiger partial charge on any atom is 0.262 e. The SMILES string of the molecule is CC(C)CCCC(C)CCN1C(=O)c2ccc3c4c(c(-c5nc6c(s5)-c5sc(-c7cc8c9c(ccc%10c9c7C(=O)N(CCC(C)CCCC(C)C)C%10=O)C(=O)N(CCC(C)CCCC(C)C)C8=O)nc5C65OCCO5)cc(c24)C1=O)C(=O)N(CCC(C)CCCC(C)C)C3=O. The Morgan fingerprint density at radius 3 is 0.926 bits per heavy atom. The summed E-state index contributed by atoms with van der Waals surface area (Å²) in [5.41, 5.74) is 3.20. The van der Waals surface area contributed by atoms with Gasteiger partial charge in [-0.25, -0.2) is 9.97 Å². The van der Waals surface area contributed by atoms with Crippen LogP contribution in [0.15, 0.2) is 36.4 Å². The summed E-state index contributed by atoms with van der Waals surface area (Å²) in [7, 11) is 0. The Hall–Kier alpha value is -6.86. The summed E-state index contributed by atoms with van der Waals surface area (Å²) in [6.07, 6.45) is 14.7. The van der Waals surface area contributed by atoms with Gasteiger partial charge in [0.2, 0.25) is 0 Å². The second-order valence-electron chi connectivity index (χ2n) is 30.1. The first-order valence-electron chi connectivity index (χ1n) is 35.4. The highest BCUT2D eigenvalue weighted by atomic mass is 32.1. The van der Waals surface area contributed by atoms with Gasteiger partial charge in [-0.2, -0.15) is 0 Å². The Bertz CT molecular complexity index is 3840. The highest BCUT2D eigenvalue weighted by Gasteiger charge is 2.56. The van der Waals surface area contributed by atoms with Crippen molar-refractivity contribution in [3.63, 3.8) is 0 Å². The van der Waals surface area contributed by atoms with Crippen LogP contribution in [0.4, 0.5) is 0 Å². The molecule has 5 aliphatic heterocycles. The molecule has 504 valence electrons. The Balaban J connectivity index is 0.978. The van der Waals surface area contributed by atoms with Crippen LogP contribution in [0.5, 0.6) is 0 Å². The molecule has 16 nitrogen and oxygen atoms in total. The molecule has 12 rings (SSSR count). The van der Waals surface area contributed by atoms with Crippen LogP contribution in [0.1, 0.15) is 280 Å². The van der Waals surface area contributed by atoms with E-state index in [0.717, 1.165) is 77.0 Å². The molecular formula is C77H94N6O10S2. The summed E-state index contributed by atoms with van der Waals surface area (Å²) in [5, 5.41) is 1.80. The molecule has 0 N–H and O–H groups in total. The summed E-state index contributed by atoms with van der Waals surface area (Å²) in [6, 6.07) is 9.93. The Morgan fingerprint density at radius 2 is 0.632 bits per heavy atom. The van der Waals surface area contributed by atoms with Crippen molar-refractivity contribution < 1.29 is 47.8 Å². The smallest absolute Gasteiger partial charge is 0.262 e. The number of aromatic nitrogens is 2. The first-order valence-corrected chi connectivity index (χ1v) is 37.1. The summed E-state index contributed by atoms with van der Waals surface area (Å²) < 4.78 is 13.4. The predicted molar refractivity (Wildman–Crippen MR) is 373 cm³/mol. The summed E-state index contributed by atoms with van der Waals surface area (Å²) >= 11 is 2.53. The van der Waals surface area contributed by atoms with Crippen LogP contribution in [0.3, 0.4) is 0 Å². The van der Waals surface area contributed by atoms with Crippen LogP contribution in [0.25, 0.3) is 52.4 Å². The molecule has 2 aromatic heterocycles. The quantitative estimate of drug-likeness (QED) is 0.0388. The first-order chi connectivity index (χ1) is 45.4. The van der Waals surface area contributed by atoms with Gasteiger partial charge in [0.1, 0.15) is 21.4 Å². The fourth-order valence-corrected chi connectivity index (χ4v) is 17.6. The molecule has 18 heteroatoms. The summed E-state index contributed by atoms with van der Waals surface area (Å²) in [6.45, 7) is 27.3. The average Bonchev–Trinajstić information content (AvgIpc) is 1.67. The number of rotatable bonds is 30. The van der Waals surface area contributed by atoms with E-state index in [-0.39, 0.29) is 129 Å². The number of hydrogen-bond acceptors (Lipinski definition) is 14. The highest BCUT2D eigenvalue weighted by molar-refractivity contribution is 7.25. The fourth-order valence-electron chi connectivity index (χ4n) is 15.2. The molecule has 0 bridgehead atoms. The topological polar surface area (TPSA) is 194 Å². The van der Waals surface area contributed by atoms with Crippen molar-refractivity contribution in [2.45, 2.75) is 192 Å². The van der Waals surface area contributed by atoms with Crippen LogP contribution in [0, 0.1) is 47.3 Å². The number of amides is 8. The van der Waals surface area contributed by atoms with Gasteiger partial charge in [0.05, 0.1) is 34.1 Å². The zero-order chi connectivity index (χ0) is 67.6. The zero-order valence-electron chi connectivity index (χ0n) is 57.7. The number of fused-ring (bicyclic) bond motifs is 5. The van der Waals surface area contributed by atoms with Gasteiger partial charge in [0, 0.05) is 92.2 Å². The van der Waals surface area contributed by atoms with Crippen LogP contribution in [-0.2, 0) is 15.3 Å². The van der Waals surface area contributed by atoms with Gasteiger partial charge in [-0.05, 0) is 109 Å². The van der Waals surface area contributed by atoms with Crippen molar-refractivity contribution >= 4 is 91.5 Å². The van der Waals surface area contributed by atoms with Gasteiger partial charge in [-0.15, -0.1) is 22.7 Å². The number of hydrogen-bond donors (Lipinski definition) is 0. The molecule has 4 atom stereocenters. The largest absolute Gasteiger partial charge is 0.337 e. The number of thiazole rings is 2. The lowest BCUT2D eigenvalue weighted by Crippen LogP contribution is -2.44. The van der Waals surface area contributed by atoms with Gasteiger partial charge < -0.3 is 9.47 Å². The standard InChI is InChI=1S/C77H94N6O10S2/c1-41(2)17-13-21-45(9)29-33-80-69(84)49-25-27-51-59-57(49)55(73(80)88)39-53(61(59)75(90)82(71(51)86)35-31-47(11)23-15-19-43(5)6)67-78-65-63(94-67)64-66(77(65)92-37-38-93-77)79-68(95-64)54-40-56-58-50(70(85)81(74(56)89)34-30-46(10)22-14-18-42(3)4)26-28-52-60(58)62(54)76(91)83(72(52)87)36-32-48(12)24-16-20-44(7)8/h25-28,39-48H,13-24,29-38H2,1-12H3. The second kappa shape index (κ2) is 27.6. The van der Waals surface area contributed by atoms with E-state index in [9.17, 15) is 19.2 Å². The van der Waals surface area contributed by atoms with Gasteiger partial charge >= 0.3 is 0 Å². The minimum atomic E-state index is -1.65. The number of ether oxygens (including phenoxy) is 2. The molecule has 4 aromatic carbocycles. The van der Waals surface area contributed by atoms with Gasteiger partial charge in [0.25, 0.3) is 53.0 Å². The third-order valence-corrected chi connectivity index (χ3v) is 23.2. The molecule has 4 unspecified atom stereocenters. The molecule has 6 aromatic rings. The van der Waals surface area contributed by atoms with E-state index in [1.807, 2.05) is 0 Å². The molecule has 0 saturated carbocycles. The number of imide groups is 4. The zero-order valence-corrected chi connectivity index (χ0v) is 59.4. The molecule has 1 fully saturated rings. The van der Waals surface area contributed by atoms with Gasteiger partial charge in [0.15, 0.2) is 0 Å². The molecule has 8 amide bonds. The number of carbonyl (C=O) groups is 8. The minimum absolute atomic E-state index is 0.169. The molecule has 1 aliphatic carbocycles. The average molecular weight is 1330 g/mol. The number of nitrogens with zero attached hydrogens (tertiary/aromatic N) is 6. The first kappa shape index (κ1) is 68.1. The Morgan fingerprint density at radius 1 is 0.358 bits per heavy atom. The molecule has 95 heavy (non-hydrogen) atoms. The summed E-state index contributed by atoms with van der Waals surface area (Å²) in [4.78, 5) is 138. The van der Waals surface area contributed by atoms with Crippen molar-refractivity contribution in [1.29, 1.82) is 0 Å². The number of carbonyl (C=O) groups excluding carboxylic acids is 8. The van der Waals surface area contributed by atoms with Crippen molar-refractivity contribution in [2.24, 2.45) is 47.3 Å². The fraction of sp³-hybridized carbons (Fsp3) is 0.558. The van der Waals surface area contributed by atoms with Crippen LogP contribution in [0.2, 0.25) is 0 Å². The molecule has 1 spiro atoms. The van der Waals surface area contributed by atoms with Crippen molar-refractivity contribution in [3.05, 3.63) is 92.3 Å². The maximum absolute atomic E-state index is 15.6. The molecule has 7 heterocycles. The highest BCUT2D eigenvalue weighted by Crippen LogP contribution is 2.59. The van der Waals surface area contributed by atoms with E-state index in [1.165, 1.54) is 42.3 Å². The van der Waals surface area contributed by atoms with Gasteiger partial charge in [-0.1, -0.05) is 160 Å². The molecule has 6 aliphatic rings. The summed E-state index contributed by atoms with van der Waals surface area (Å²) in [5.74, 6) is -2.42. The van der Waals surface area contributed by atoms with E-state index < -0.39 is 53.0 Å². The molecule has 1 saturated heterocycles. The maximum atomic E-state index is 15.6. The predicted octanol–water partition coefficient (Wildman–Crippen LogP) is 17.3. The van der Waals surface area contributed by atoms with Crippen molar-refractivity contribution in [1.82, 2.24) is 29.6 Å². The van der Waals surface area contributed by atoms with Crippen molar-refractivity contribution in [2.75, 3.05) is 39.4 Å². The monoisotopic (exact) mass is 1330 g/mol. The van der Waals surface area contributed by atoms with Gasteiger partial charge in [-0.3, -0.25) is 58.0 Å². The van der Waals surface area contributed by atoms with E-state index in [1.54, 1.807) is 36.4 Å². The van der Waals surface area contributed by atoms with Crippen LogP contribution < -0.4 is 0 Å². The Labute approximate surface area is 567 Å². The van der Waals surface area contributed by atoms with Crippen LogP contribution in [-0.4, -0.2) is 116 Å². The van der Waals surface area contributed by atoms with E-state index in [0.29, 0.717) is 91.6 Å². The lowest BCUT2D eigenvalue weighted by Gasteiger charge is -2.33. The lowest BCUT2D eigenvalue weighted by molar-refractivity contribution is -0.131. The lowest BCUT2D eigenvalue weighted by atomic mass is 9.83. The molecular weight excluding hydrogens is 1230 g/mol. The minimum Gasteiger partial charge on any atom is -0.337 e.